The fourth-order valence-corrected chi connectivity index (χ4v) is 3.45. The van der Waals surface area contributed by atoms with Gasteiger partial charge in [0.15, 0.2) is 0 Å². The molecule has 0 aromatic rings. The van der Waals surface area contributed by atoms with Crippen LogP contribution in [0.4, 0.5) is 13.2 Å². The van der Waals surface area contributed by atoms with E-state index in [2.05, 4.69) is 6.92 Å². The molecule has 0 aromatic carbocycles. The van der Waals surface area contributed by atoms with Crippen LogP contribution >= 0.6 is 0 Å². The number of hydrogen-bond donors (Lipinski definition) is 1. The highest BCUT2D eigenvalue weighted by Gasteiger charge is 2.50. The molecule has 2 aliphatic rings. The third-order valence-electron chi connectivity index (χ3n) is 4.57. The van der Waals surface area contributed by atoms with E-state index in [9.17, 15) is 18.0 Å². The summed E-state index contributed by atoms with van der Waals surface area (Å²) in [6.45, 7) is 2.78. The van der Waals surface area contributed by atoms with Crippen molar-refractivity contribution >= 4 is 5.91 Å². The van der Waals surface area contributed by atoms with Crippen molar-refractivity contribution in [3.8, 4) is 0 Å². The molecular formula is C13H21F3N2O. The standard InChI is InChI=1S/C13H21F3N2O/c1-9-6-12(7-9,8-17)11(19)18-4-2-10(3-5-18)13(14,15)16/h9-10H,2-8,17H2,1H3. The summed E-state index contributed by atoms with van der Waals surface area (Å²) in [6, 6.07) is 0. The Morgan fingerprint density at radius 2 is 1.84 bits per heavy atom. The zero-order chi connectivity index (χ0) is 14.3. The quantitative estimate of drug-likeness (QED) is 0.841. The van der Waals surface area contributed by atoms with Gasteiger partial charge in [0.1, 0.15) is 0 Å². The number of alkyl halides is 3. The highest BCUT2D eigenvalue weighted by Crippen LogP contribution is 2.46. The van der Waals surface area contributed by atoms with Crippen molar-refractivity contribution in [1.29, 1.82) is 0 Å². The normalized spacial score (nSPS) is 33.1. The first kappa shape index (κ1) is 14.6. The van der Waals surface area contributed by atoms with Crippen LogP contribution in [0.25, 0.3) is 0 Å². The van der Waals surface area contributed by atoms with Crippen molar-refractivity contribution in [3.05, 3.63) is 0 Å². The van der Waals surface area contributed by atoms with Gasteiger partial charge in [-0.3, -0.25) is 4.79 Å². The van der Waals surface area contributed by atoms with E-state index in [1.54, 1.807) is 4.90 Å². The molecule has 2 rings (SSSR count). The second-order valence-corrected chi connectivity index (χ2v) is 6.11. The lowest BCUT2D eigenvalue weighted by atomic mass is 9.61. The Hall–Kier alpha value is -0.780. The van der Waals surface area contributed by atoms with E-state index in [4.69, 9.17) is 5.73 Å². The van der Waals surface area contributed by atoms with E-state index in [-0.39, 0.29) is 31.8 Å². The molecule has 1 saturated heterocycles. The molecule has 1 saturated carbocycles. The van der Waals surface area contributed by atoms with Crippen LogP contribution in [0.5, 0.6) is 0 Å². The van der Waals surface area contributed by atoms with Crippen LogP contribution in [-0.2, 0) is 4.79 Å². The molecule has 2 N–H and O–H groups in total. The van der Waals surface area contributed by atoms with Gasteiger partial charge in [-0.1, -0.05) is 6.92 Å². The minimum Gasteiger partial charge on any atom is -0.342 e. The molecule has 2 fully saturated rings. The second-order valence-electron chi connectivity index (χ2n) is 6.11. The van der Waals surface area contributed by atoms with Crippen molar-refractivity contribution in [2.75, 3.05) is 19.6 Å². The summed E-state index contributed by atoms with van der Waals surface area (Å²) in [4.78, 5) is 14.0. The summed E-state index contributed by atoms with van der Waals surface area (Å²) >= 11 is 0. The Labute approximate surface area is 111 Å². The van der Waals surface area contributed by atoms with Crippen molar-refractivity contribution in [2.45, 2.75) is 38.8 Å². The molecule has 110 valence electrons. The smallest absolute Gasteiger partial charge is 0.342 e. The van der Waals surface area contributed by atoms with Gasteiger partial charge >= 0.3 is 6.18 Å². The number of piperidine rings is 1. The molecule has 1 amide bonds. The Bertz CT molecular complexity index is 342. The Morgan fingerprint density at radius 1 is 1.32 bits per heavy atom. The summed E-state index contributed by atoms with van der Waals surface area (Å²) in [5.74, 6) is -0.806. The molecule has 3 nitrogen and oxygen atoms in total. The molecule has 1 aliphatic heterocycles. The van der Waals surface area contributed by atoms with Crippen LogP contribution in [0.15, 0.2) is 0 Å². The van der Waals surface area contributed by atoms with Crippen molar-refractivity contribution < 1.29 is 18.0 Å². The average molecular weight is 278 g/mol. The molecule has 0 bridgehead atoms. The zero-order valence-electron chi connectivity index (χ0n) is 11.2. The molecule has 0 spiro atoms. The number of amides is 1. The maximum absolute atomic E-state index is 12.6. The van der Waals surface area contributed by atoms with E-state index < -0.39 is 17.5 Å². The molecular weight excluding hydrogens is 257 g/mol. The van der Waals surface area contributed by atoms with Gasteiger partial charge in [-0.05, 0) is 31.6 Å². The number of nitrogens with two attached hydrogens (primary N) is 1. The minimum atomic E-state index is -4.13. The van der Waals surface area contributed by atoms with Gasteiger partial charge < -0.3 is 10.6 Å². The van der Waals surface area contributed by atoms with Crippen LogP contribution in [-0.4, -0.2) is 36.6 Å². The SMILES string of the molecule is CC1CC(CN)(C(=O)N2CCC(C(F)(F)F)CC2)C1. The number of carbonyl (C=O) groups is 1. The monoisotopic (exact) mass is 278 g/mol. The van der Waals surface area contributed by atoms with Gasteiger partial charge in [-0.25, -0.2) is 0 Å². The summed E-state index contributed by atoms with van der Waals surface area (Å²) in [7, 11) is 0. The fourth-order valence-electron chi connectivity index (χ4n) is 3.45. The van der Waals surface area contributed by atoms with Gasteiger partial charge in [0.2, 0.25) is 5.91 Å². The van der Waals surface area contributed by atoms with Gasteiger partial charge in [0.25, 0.3) is 0 Å². The van der Waals surface area contributed by atoms with Crippen molar-refractivity contribution in [2.24, 2.45) is 23.0 Å². The van der Waals surface area contributed by atoms with E-state index in [0.29, 0.717) is 12.5 Å². The van der Waals surface area contributed by atoms with Gasteiger partial charge in [-0.2, -0.15) is 13.2 Å². The first-order valence-corrected chi connectivity index (χ1v) is 6.85. The zero-order valence-corrected chi connectivity index (χ0v) is 11.2. The minimum absolute atomic E-state index is 0.0193. The number of hydrogen-bond acceptors (Lipinski definition) is 2. The lowest BCUT2D eigenvalue weighted by Gasteiger charge is -2.48. The van der Waals surface area contributed by atoms with Crippen LogP contribution in [0.1, 0.15) is 32.6 Å². The van der Waals surface area contributed by atoms with Crippen LogP contribution in [0.2, 0.25) is 0 Å². The fraction of sp³-hybridized carbons (Fsp3) is 0.923. The Morgan fingerprint density at radius 3 is 2.21 bits per heavy atom. The average Bonchev–Trinajstić information content (AvgIpc) is 2.33. The Kier molecular flexibility index (Phi) is 3.82. The van der Waals surface area contributed by atoms with Crippen LogP contribution in [0, 0.1) is 17.3 Å². The van der Waals surface area contributed by atoms with E-state index in [0.717, 1.165) is 12.8 Å². The maximum Gasteiger partial charge on any atom is 0.391 e. The molecule has 19 heavy (non-hydrogen) atoms. The third-order valence-corrected chi connectivity index (χ3v) is 4.57. The second kappa shape index (κ2) is 4.96. The van der Waals surface area contributed by atoms with Gasteiger partial charge in [-0.15, -0.1) is 0 Å². The summed E-state index contributed by atoms with van der Waals surface area (Å²) < 4.78 is 37.7. The predicted octanol–water partition coefficient (Wildman–Crippen LogP) is 2.16. The molecule has 0 unspecified atom stereocenters. The lowest BCUT2D eigenvalue weighted by Crippen LogP contribution is -2.56. The number of carbonyl (C=O) groups excluding carboxylic acids is 1. The molecule has 0 radical (unpaired) electrons. The maximum atomic E-state index is 12.6. The number of nitrogens with zero attached hydrogens (tertiary/aromatic N) is 1. The molecule has 6 heteroatoms. The van der Waals surface area contributed by atoms with Gasteiger partial charge in [0.05, 0.1) is 11.3 Å². The van der Waals surface area contributed by atoms with Crippen LogP contribution in [0.3, 0.4) is 0 Å². The number of rotatable bonds is 2. The first-order chi connectivity index (χ1) is 8.78. The largest absolute Gasteiger partial charge is 0.391 e. The number of halogens is 3. The number of likely N-dealkylation sites (tertiary alicyclic amines) is 1. The molecule has 0 atom stereocenters. The predicted molar refractivity (Wildman–Crippen MR) is 65.2 cm³/mol. The molecule has 1 aliphatic carbocycles. The van der Waals surface area contributed by atoms with E-state index >= 15 is 0 Å². The highest BCUT2D eigenvalue weighted by molar-refractivity contribution is 5.84. The third kappa shape index (κ3) is 2.73. The highest BCUT2D eigenvalue weighted by atomic mass is 19.4. The summed E-state index contributed by atoms with van der Waals surface area (Å²) in [5.41, 5.74) is 5.21. The molecule has 1 heterocycles. The Balaban J connectivity index is 1.93. The van der Waals surface area contributed by atoms with Crippen molar-refractivity contribution in [3.63, 3.8) is 0 Å². The topological polar surface area (TPSA) is 46.3 Å². The summed E-state index contributed by atoms with van der Waals surface area (Å²) in [5, 5.41) is 0. The van der Waals surface area contributed by atoms with Crippen molar-refractivity contribution in [1.82, 2.24) is 4.90 Å². The van der Waals surface area contributed by atoms with E-state index in [1.807, 2.05) is 0 Å². The van der Waals surface area contributed by atoms with Gasteiger partial charge in [0, 0.05) is 19.6 Å². The lowest BCUT2D eigenvalue weighted by molar-refractivity contribution is -0.188. The summed E-state index contributed by atoms with van der Waals surface area (Å²) in [6.07, 6.45) is -2.56. The van der Waals surface area contributed by atoms with E-state index in [1.165, 1.54) is 0 Å². The van der Waals surface area contributed by atoms with Crippen LogP contribution < -0.4 is 5.73 Å². The first-order valence-electron chi connectivity index (χ1n) is 6.85. The molecule has 0 aromatic heterocycles.